The van der Waals surface area contributed by atoms with Crippen LogP contribution in [0.4, 0.5) is 4.39 Å². The van der Waals surface area contributed by atoms with E-state index in [1.165, 1.54) is 11.6 Å². The van der Waals surface area contributed by atoms with Crippen molar-refractivity contribution in [2.24, 2.45) is 0 Å². The smallest absolute Gasteiger partial charge is 0.132 e. The number of halogens is 1. The summed E-state index contributed by atoms with van der Waals surface area (Å²) in [5.41, 5.74) is 2.87. The van der Waals surface area contributed by atoms with Crippen molar-refractivity contribution in [2.75, 3.05) is 14.2 Å². The predicted molar refractivity (Wildman–Crippen MR) is 84.3 cm³/mol. The fourth-order valence-electron chi connectivity index (χ4n) is 2.67. The van der Waals surface area contributed by atoms with Crippen LogP contribution < -0.4 is 10.1 Å². The van der Waals surface area contributed by atoms with Crippen LogP contribution in [0.2, 0.25) is 0 Å². The van der Waals surface area contributed by atoms with Gasteiger partial charge in [0, 0.05) is 0 Å². The molecule has 0 spiro atoms. The summed E-state index contributed by atoms with van der Waals surface area (Å²) in [7, 11) is 3.40. The molecule has 21 heavy (non-hydrogen) atoms. The molecule has 0 aromatic heterocycles. The molecule has 0 amide bonds. The molecular weight excluding hydrogens is 265 g/mol. The summed E-state index contributed by atoms with van der Waals surface area (Å²) in [6.45, 7) is 2.15. The van der Waals surface area contributed by atoms with Gasteiger partial charge in [-0.05, 0) is 36.7 Å². The van der Waals surface area contributed by atoms with E-state index in [2.05, 4.69) is 24.4 Å². The lowest BCUT2D eigenvalue weighted by atomic mass is 9.95. The van der Waals surface area contributed by atoms with Gasteiger partial charge in [-0.3, -0.25) is 0 Å². The first-order valence-electron chi connectivity index (χ1n) is 7.29. The van der Waals surface area contributed by atoms with E-state index in [4.69, 9.17) is 4.74 Å². The molecule has 0 saturated heterocycles. The van der Waals surface area contributed by atoms with Crippen LogP contribution in [-0.2, 0) is 6.42 Å². The van der Waals surface area contributed by atoms with Crippen LogP contribution in [0.25, 0.3) is 0 Å². The van der Waals surface area contributed by atoms with Crippen LogP contribution in [0.3, 0.4) is 0 Å². The molecule has 2 aromatic carbocycles. The second kappa shape index (κ2) is 7.23. The Labute approximate surface area is 126 Å². The molecule has 3 heteroatoms. The van der Waals surface area contributed by atoms with Crippen molar-refractivity contribution in [1.82, 2.24) is 5.32 Å². The zero-order valence-corrected chi connectivity index (χ0v) is 12.8. The van der Waals surface area contributed by atoms with E-state index < -0.39 is 0 Å². The fraction of sp³-hybridized carbons (Fsp3) is 0.333. The summed E-state index contributed by atoms with van der Waals surface area (Å²) >= 11 is 0. The van der Waals surface area contributed by atoms with Crippen LogP contribution in [0.15, 0.2) is 42.5 Å². The minimum absolute atomic E-state index is 0.224. The van der Waals surface area contributed by atoms with Gasteiger partial charge in [-0.1, -0.05) is 43.7 Å². The monoisotopic (exact) mass is 287 g/mol. The number of rotatable bonds is 6. The molecule has 112 valence electrons. The van der Waals surface area contributed by atoms with Gasteiger partial charge in [0.05, 0.1) is 18.7 Å². The third-order valence-electron chi connectivity index (χ3n) is 3.63. The molecule has 0 saturated carbocycles. The van der Waals surface area contributed by atoms with Crippen molar-refractivity contribution in [1.29, 1.82) is 0 Å². The maximum atomic E-state index is 14.3. The Morgan fingerprint density at radius 2 is 1.95 bits per heavy atom. The van der Waals surface area contributed by atoms with Gasteiger partial charge in [-0.2, -0.15) is 0 Å². The first-order chi connectivity index (χ1) is 10.2. The molecule has 0 aliphatic rings. The maximum Gasteiger partial charge on any atom is 0.132 e. The molecule has 0 heterocycles. The largest absolute Gasteiger partial charge is 0.496 e. The molecule has 0 bridgehead atoms. The average molecular weight is 287 g/mol. The molecule has 1 N–H and O–H groups in total. The van der Waals surface area contributed by atoms with E-state index in [0.717, 1.165) is 18.4 Å². The van der Waals surface area contributed by atoms with Crippen LogP contribution in [-0.4, -0.2) is 14.2 Å². The minimum atomic E-state index is -0.255. The second-order valence-corrected chi connectivity index (χ2v) is 5.07. The molecule has 2 rings (SSSR count). The fourth-order valence-corrected chi connectivity index (χ4v) is 2.67. The Morgan fingerprint density at radius 1 is 1.19 bits per heavy atom. The van der Waals surface area contributed by atoms with Gasteiger partial charge in [-0.25, -0.2) is 4.39 Å². The van der Waals surface area contributed by atoms with Crippen molar-refractivity contribution in [3.8, 4) is 5.75 Å². The first kappa shape index (κ1) is 15.5. The summed E-state index contributed by atoms with van der Waals surface area (Å²) in [4.78, 5) is 0. The lowest BCUT2D eigenvalue weighted by Gasteiger charge is -2.21. The number of benzene rings is 2. The van der Waals surface area contributed by atoms with E-state index in [-0.39, 0.29) is 11.9 Å². The van der Waals surface area contributed by atoms with Crippen LogP contribution in [0.5, 0.6) is 5.75 Å². The third kappa shape index (κ3) is 3.42. The van der Waals surface area contributed by atoms with E-state index in [1.807, 2.05) is 19.2 Å². The summed E-state index contributed by atoms with van der Waals surface area (Å²) in [5, 5.41) is 3.20. The van der Waals surface area contributed by atoms with Crippen LogP contribution in [0, 0.1) is 5.82 Å². The van der Waals surface area contributed by atoms with Crippen molar-refractivity contribution in [3.05, 3.63) is 65.0 Å². The van der Waals surface area contributed by atoms with E-state index in [0.29, 0.717) is 11.3 Å². The lowest BCUT2D eigenvalue weighted by Crippen LogP contribution is -2.20. The molecule has 0 aliphatic heterocycles. The molecule has 2 nitrogen and oxygen atoms in total. The second-order valence-electron chi connectivity index (χ2n) is 5.07. The van der Waals surface area contributed by atoms with Gasteiger partial charge in [0.1, 0.15) is 11.6 Å². The van der Waals surface area contributed by atoms with Gasteiger partial charge < -0.3 is 10.1 Å². The summed E-state index contributed by atoms with van der Waals surface area (Å²) in [6, 6.07) is 13.0. The van der Waals surface area contributed by atoms with Gasteiger partial charge in [0.2, 0.25) is 0 Å². The number of hydrogen-bond acceptors (Lipinski definition) is 2. The Balaban J connectivity index is 2.47. The standard InChI is InChI=1S/C18H22FNO/c1-4-7-13-8-5-9-14(12-13)18(20-2)17-15(19)10-6-11-16(17)21-3/h5-6,8-12,18,20H,4,7H2,1-3H3. The SMILES string of the molecule is CCCc1cccc(C(NC)c2c(F)cccc2OC)c1. The lowest BCUT2D eigenvalue weighted by molar-refractivity contribution is 0.398. The van der Waals surface area contributed by atoms with Crippen molar-refractivity contribution < 1.29 is 9.13 Å². The van der Waals surface area contributed by atoms with Gasteiger partial charge in [0.15, 0.2) is 0 Å². The number of nitrogens with one attached hydrogen (secondary N) is 1. The molecule has 0 radical (unpaired) electrons. The summed E-state index contributed by atoms with van der Waals surface area (Å²) in [6.07, 6.45) is 2.12. The first-order valence-corrected chi connectivity index (χ1v) is 7.29. The highest BCUT2D eigenvalue weighted by Crippen LogP contribution is 2.32. The summed E-state index contributed by atoms with van der Waals surface area (Å²) < 4.78 is 19.6. The van der Waals surface area contributed by atoms with Gasteiger partial charge >= 0.3 is 0 Å². The zero-order chi connectivity index (χ0) is 15.2. The van der Waals surface area contributed by atoms with Crippen LogP contribution >= 0.6 is 0 Å². The zero-order valence-electron chi connectivity index (χ0n) is 12.8. The summed E-state index contributed by atoms with van der Waals surface area (Å²) in [5.74, 6) is 0.310. The predicted octanol–water partition coefficient (Wildman–Crippen LogP) is 4.10. The normalized spacial score (nSPS) is 12.2. The topological polar surface area (TPSA) is 21.3 Å². The highest BCUT2D eigenvalue weighted by molar-refractivity contribution is 5.43. The number of hydrogen-bond donors (Lipinski definition) is 1. The van der Waals surface area contributed by atoms with Crippen molar-refractivity contribution >= 4 is 0 Å². The molecule has 1 atom stereocenters. The van der Waals surface area contributed by atoms with Crippen molar-refractivity contribution in [3.63, 3.8) is 0 Å². The number of ether oxygens (including phenoxy) is 1. The molecule has 2 aromatic rings. The Morgan fingerprint density at radius 3 is 2.62 bits per heavy atom. The maximum absolute atomic E-state index is 14.3. The van der Waals surface area contributed by atoms with Crippen LogP contribution in [0.1, 0.15) is 36.1 Å². The van der Waals surface area contributed by atoms with E-state index >= 15 is 0 Å². The van der Waals surface area contributed by atoms with Crippen molar-refractivity contribution in [2.45, 2.75) is 25.8 Å². The van der Waals surface area contributed by atoms with Gasteiger partial charge in [0.25, 0.3) is 0 Å². The highest BCUT2D eigenvalue weighted by Gasteiger charge is 2.20. The average Bonchev–Trinajstić information content (AvgIpc) is 2.50. The number of methoxy groups -OCH3 is 1. The van der Waals surface area contributed by atoms with E-state index in [1.54, 1.807) is 19.2 Å². The quantitative estimate of drug-likeness (QED) is 0.864. The Kier molecular flexibility index (Phi) is 5.34. The third-order valence-corrected chi connectivity index (χ3v) is 3.63. The molecular formula is C18H22FNO. The molecule has 1 unspecified atom stereocenters. The van der Waals surface area contributed by atoms with Gasteiger partial charge in [-0.15, -0.1) is 0 Å². The van der Waals surface area contributed by atoms with E-state index in [9.17, 15) is 4.39 Å². The minimum Gasteiger partial charge on any atom is -0.496 e. The molecule has 0 fully saturated rings. The molecule has 0 aliphatic carbocycles. The Hall–Kier alpha value is -1.87. The number of aryl methyl sites for hydroxylation is 1. The highest BCUT2D eigenvalue weighted by atomic mass is 19.1. The Bertz CT molecular complexity index is 598.